The van der Waals surface area contributed by atoms with Crippen molar-refractivity contribution in [3.05, 3.63) is 53.3 Å². The first-order valence-corrected chi connectivity index (χ1v) is 9.89. The third-order valence-electron chi connectivity index (χ3n) is 4.90. The van der Waals surface area contributed by atoms with E-state index in [9.17, 15) is 0 Å². The summed E-state index contributed by atoms with van der Waals surface area (Å²) in [6, 6.07) is 11.7. The number of methoxy groups -OCH3 is 3. The molecule has 0 aliphatic heterocycles. The Morgan fingerprint density at radius 3 is 2.29 bits per heavy atom. The molecule has 3 aromatic rings. The van der Waals surface area contributed by atoms with Crippen LogP contribution >= 0.6 is 24.0 Å². The van der Waals surface area contributed by atoms with Crippen LogP contribution in [0.2, 0.25) is 0 Å². The molecule has 0 saturated carbocycles. The third-order valence-corrected chi connectivity index (χ3v) is 4.90. The van der Waals surface area contributed by atoms with Crippen molar-refractivity contribution in [1.29, 1.82) is 0 Å². The first-order chi connectivity index (χ1) is 14.6. The smallest absolute Gasteiger partial charge is 0.191 e. The lowest BCUT2D eigenvalue weighted by Gasteiger charge is -2.14. The Labute approximate surface area is 200 Å². The van der Waals surface area contributed by atoms with E-state index in [0.717, 1.165) is 34.4 Å². The number of nitrogens with zero attached hydrogens (tertiary/aromatic N) is 1. The number of ether oxygens (including phenoxy) is 3. The van der Waals surface area contributed by atoms with Crippen molar-refractivity contribution in [2.24, 2.45) is 4.99 Å². The molecular weight excluding hydrogens is 509 g/mol. The van der Waals surface area contributed by atoms with Crippen LogP contribution in [0, 0.1) is 6.92 Å². The first kappa shape index (κ1) is 24.6. The average Bonchev–Trinajstić information content (AvgIpc) is 3.10. The van der Waals surface area contributed by atoms with E-state index in [2.05, 4.69) is 23.6 Å². The van der Waals surface area contributed by atoms with Crippen LogP contribution in [-0.4, -0.2) is 33.8 Å². The molecule has 1 heterocycles. The predicted octanol–water partition coefficient (Wildman–Crippen LogP) is 4.64. The van der Waals surface area contributed by atoms with Gasteiger partial charge < -0.3 is 29.3 Å². The summed E-state index contributed by atoms with van der Waals surface area (Å²) in [5.41, 5.74) is 2.92. The number of benzene rings is 2. The number of aliphatic imine (C=N–C) groups is 1. The molecule has 0 bridgehead atoms. The fourth-order valence-corrected chi connectivity index (χ4v) is 3.28. The van der Waals surface area contributed by atoms with E-state index >= 15 is 0 Å². The summed E-state index contributed by atoms with van der Waals surface area (Å²) in [6.07, 6.45) is 0. The zero-order valence-electron chi connectivity index (χ0n) is 18.6. The summed E-state index contributed by atoms with van der Waals surface area (Å²) < 4.78 is 22.2. The van der Waals surface area contributed by atoms with Crippen LogP contribution in [0.15, 0.2) is 45.8 Å². The zero-order chi connectivity index (χ0) is 21.5. The predicted molar refractivity (Wildman–Crippen MR) is 134 cm³/mol. The monoisotopic (exact) mass is 539 g/mol. The second-order valence-corrected chi connectivity index (χ2v) is 6.71. The fourth-order valence-electron chi connectivity index (χ4n) is 3.28. The number of fused-ring (bicyclic) bond motifs is 1. The highest BCUT2D eigenvalue weighted by Gasteiger charge is 2.13. The molecule has 0 spiro atoms. The van der Waals surface area contributed by atoms with Crippen LogP contribution in [0.1, 0.15) is 23.8 Å². The lowest BCUT2D eigenvalue weighted by Crippen LogP contribution is -2.36. The number of furan rings is 1. The van der Waals surface area contributed by atoms with Crippen molar-refractivity contribution in [3.8, 4) is 17.2 Å². The topological polar surface area (TPSA) is 77.3 Å². The average molecular weight is 539 g/mol. The number of hydrogen-bond donors (Lipinski definition) is 2. The van der Waals surface area contributed by atoms with E-state index in [4.69, 9.17) is 23.6 Å². The number of hydrogen-bond acceptors (Lipinski definition) is 5. The Balaban J connectivity index is 0.00000341. The van der Waals surface area contributed by atoms with Crippen molar-refractivity contribution in [3.63, 3.8) is 0 Å². The molecule has 0 aliphatic rings. The van der Waals surface area contributed by atoms with E-state index in [1.165, 1.54) is 0 Å². The van der Waals surface area contributed by atoms with E-state index in [0.29, 0.717) is 36.3 Å². The molecule has 31 heavy (non-hydrogen) atoms. The number of aryl methyl sites for hydroxylation is 1. The van der Waals surface area contributed by atoms with Gasteiger partial charge in [0.15, 0.2) is 17.5 Å². The van der Waals surface area contributed by atoms with Crippen molar-refractivity contribution in [2.75, 3.05) is 27.9 Å². The van der Waals surface area contributed by atoms with Gasteiger partial charge in [-0.2, -0.15) is 0 Å². The molecule has 0 radical (unpaired) electrons. The first-order valence-electron chi connectivity index (χ1n) is 9.89. The molecule has 0 saturated heterocycles. The van der Waals surface area contributed by atoms with Crippen molar-refractivity contribution < 1.29 is 18.6 Å². The van der Waals surface area contributed by atoms with Gasteiger partial charge >= 0.3 is 0 Å². The van der Waals surface area contributed by atoms with Gasteiger partial charge in [-0.15, -0.1) is 24.0 Å². The largest absolute Gasteiger partial charge is 0.496 e. The quantitative estimate of drug-likeness (QED) is 0.247. The maximum absolute atomic E-state index is 5.99. The highest BCUT2D eigenvalue weighted by Crippen LogP contribution is 2.35. The second kappa shape index (κ2) is 11.7. The molecule has 0 aliphatic carbocycles. The number of para-hydroxylation sites is 1. The molecule has 8 heteroatoms. The molecule has 2 N–H and O–H groups in total. The van der Waals surface area contributed by atoms with Crippen LogP contribution in [-0.2, 0) is 13.1 Å². The minimum absolute atomic E-state index is 0. The molecule has 7 nitrogen and oxygen atoms in total. The maximum atomic E-state index is 5.99. The summed E-state index contributed by atoms with van der Waals surface area (Å²) in [6.45, 7) is 5.80. The van der Waals surface area contributed by atoms with Crippen LogP contribution in [0.3, 0.4) is 0 Å². The number of halogens is 1. The van der Waals surface area contributed by atoms with Crippen LogP contribution in [0.5, 0.6) is 17.2 Å². The maximum Gasteiger partial charge on any atom is 0.191 e. The van der Waals surface area contributed by atoms with Crippen molar-refractivity contribution in [1.82, 2.24) is 10.6 Å². The third kappa shape index (κ3) is 5.75. The van der Waals surface area contributed by atoms with Gasteiger partial charge in [-0.3, -0.25) is 0 Å². The summed E-state index contributed by atoms with van der Waals surface area (Å²) in [5.74, 6) is 3.53. The molecule has 2 aromatic carbocycles. The summed E-state index contributed by atoms with van der Waals surface area (Å²) >= 11 is 0. The van der Waals surface area contributed by atoms with E-state index in [-0.39, 0.29) is 24.0 Å². The molecule has 1 aromatic heterocycles. The van der Waals surface area contributed by atoms with Crippen molar-refractivity contribution >= 4 is 40.9 Å². The molecule has 168 valence electrons. The second-order valence-electron chi connectivity index (χ2n) is 6.71. The SMILES string of the molecule is CCNC(=NCc1cc(OC)c(OC)cc1OC)NCc1oc2ccccc2c1C.I. The molecular formula is C23H30IN3O4. The molecule has 0 unspecified atom stereocenters. The number of guanidine groups is 1. The molecule has 3 rings (SSSR count). The summed E-state index contributed by atoms with van der Waals surface area (Å²) in [5, 5.41) is 7.74. The van der Waals surface area contributed by atoms with Crippen LogP contribution in [0.25, 0.3) is 11.0 Å². The van der Waals surface area contributed by atoms with Gasteiger partial charge in [0, 0.05) is 29.1 Å². The molecule has 0 amide bonds. The Morgan fingerprint density at radius 1 is 0.968 bits per heavy atom. The minimum Gasteiger partial charge on any atom is -0.496 e. The summed E-state index contributed by atoms with van der Waals surface area (Å²) in [7, 11) is 4.84. The highest BCUT2D eigenvalue weighted by atomic mass is 127. The normalized spacial score (nSPS) is 11.1. The van der Waals surface area contributed by atoms with Gasteiger partial charge in [0.05, 0.1) is 34.4 Å². The zero-order valence-corrected chi connectivity index (χ0v) is 20.9. The van der Waals surface area contributed by atoms with Crippen LogP contribution in [0.4, 0.5) is 0 Å². The Kier molecular flexibility index (Phi) is 9.29. The van der Waals surface area contributed by atoms with E-state index in [1.807, 2.05) is 37.3 Å². The van der Waals surface area contributed by atoms with E-state index < -0.39 is 0 Å². The Hall–Kier alpha value is -2.62. The lowest BCUT2D eigenvalue weighted by atomic mass is 10.1. The van der Waals surface area contributed by atoms with Gasteiger partial charge in [-0.05, 0) is 26.0 Å². The Morgan fingerprint density at radius 2 is 1.65 bits per heavy atom. The minimum atomic E-state index is 0. The van der Waals surface area contributed by atoms with Gasteiger partial charge in [-0.1, -0.05) is 18.2 Å². The standard InChI is InChI=1S/C23H29N3O4.HI/c1-6-24-23(26-14-22-15(2)17-9-7-8-10-18(17)30-22)25-13-16-11-20(28-4)21(29-5)12-19(16)27-3;/h7-12H,6,13-14H2,1-5H3,(H2,24,25,26);1H. The van der Waals surface area contributed by atoms with E-state index in [1.54, 1.807) is 21.3 Å². The molecule has 0 fully saturated rings. The lowest BCUT2D eigenvalue weighted by molar-refractivity contribution is 0.347. The number of rotatable bonds is 8. The number of nitrogens with one attached hydrogen (secondary N) is 2. The molecule has 0 atom stereocenters. The van der Waals surface area contributed by atoms with Crippen LogP contribution < -0.4 is 24.8 Å². The van der Waals surface area contributed by atoms with Crippen molar-refractivity contribution in [2.45, 2.75) is 26.9 Å². The van der Waals surface area contributed by atoms with Gasteiger partial charge in [0.25, 0.3) is 0 Å². The van der Waals surface area contributed by atoms with Gasteiger partial charge in [0.2, 0.25) is 0 Å². The van der Waals surface area contributed by atoms with Gasteiger partial charge in [0.1, 0.15) is 17.1 Å². The Bertz CT molecular complexity index is 1030. The fraction of sp³-hybridized carbons (Fsp3) is 0.348. The van der Waals surface area contributed by atoms with Gasteiger partial charge in [-0.25, -0.2) is 4.99 Å². The summed E-state index contributed by atoms with van der Waals surface area (Å²) in [4.78, 5) is 4.70. The highest BCUT2D eigenvalue weighted by molar-refractivity contribution is 14.0.